The third-order valence-corrected chi connectivity index (χ3v) is 5.16. The molecule has 0 aliphatic carbocycles. The first-order chi connectivity index (χ1) is 9.78. The molecule has 0 radical (unpaired) electrons. The molecule has 0 bridgehead atoms. The third-order valence-electron chi connectivity index (χ3n) is 2.52. The van der Waals surface area contributed by atoms with E-state index in [1.165, 1.54) is 18.3 Å². The molecule has 0 fully saturated rings. The fourth-order valence-corrected chi connectivity index (χ4v) is 4.05. The Balaban J connectivity index is 0.000000383. The van der Waals surface area contributed by atoms with Gasteiger partial charge in [-0.2, -0.15) is 0 Å². The molecule has 0 spiro atoms. The van der Waals surface area contributed by atoms with E-state index in [1.54, 1.807) is 0 Å². The zero-order valence-corrected chi connectivity index (χ0v) is 14.8. The van der Waals surface area contributed by atoms with Gasteiger partial charge in [0, 0.05) is 0 Å². The Kier molecular flexibility index (Phi) is 7.30. The second-order valence-electron chi connectivity index (χ2n) is 4.30. The van der Waals surface area contributed by atoms with Gasteiger partial charge >= 0.3 is 21.2 Å². The van der Waals surface area contributed by atoms with Gasteiger partial charge in [-0.05, 0) is 48.7 Å². The van der Waals surface area contributed by atoms with Crippen LogP contribution in [-0.2, 0) is 16.8 Å². The summed E-state index contributed by atoms with van der Waals surface area (Å²) in [5.74, 6) is 0. The minimum atomic E-state index is -4.92. The molecule has 2 aromatic rings. The van der Waals surface area contributed by atoms with Crippen LogP contribution in [0.3, 0.4) is 0 Å². The Hall–Kier alpha value is -0.960. The van der Waals surface area contributed by atoms with Crippen molar-refractivity contribution < 1.29 is 38.7 Å². The molecule has 1 N–H and O–H groups in total. The van der Waals surface area contributed by atoms with E-state index >= 15 is 0 Å². The van der Waals surface area contributed by atoms with Crippen LogP contribution in [0.1, 0.15) is 18.1 Å². The van der Waals surface area contributed by atoms with Crippen molar-refractivity contribution in [1.82, 2.24) is 0 Å². The van der Waals surface area contributed by atoms with Crippen molar-refractivity contribution in [2.45, 2.75) is 20.3 Å². The molecule has 0 saturated heterocycles. The third kappa shape index (κ3) is 8.82. The van der Waals surface area contributed by atoms with Gasteiger partial charge in [0.05, 0.1) is 0 Å². The minimum absolute atomic E-state index is 0.00615. The lowest BCUT2D eigenvalue weighted by Crippen LogP contribution is -3.61. The summed E-state index contributed by atoms with van der Waals surface area (Å²) in [6.07, 6.45) is 1.13. The highest BCUT2D eigenvalue weighted by molar-refractivity contribution is 7.79. The molecule has 4 nitrogen and oxygen atoms in total. The lowest BCUT2D eigenvalue weighted by Gasteiger charge is -1.93. The van der Waals surface area contributed by atoms with Crippen LogP contribution in [0.2, 0.25) is 0 Å². The molecule has 0 aromatic heterocycles. The lowest BCUT2D eigenvalue weighted by atomic mass is 10.2. The van der Waals surface area contributed by atoms with Gasteiger partial charge in [0.15, 0.2) is 7.14 Å². The molecule has 0 amide bonds. The summed E-state index contributed by atoms with van der Waals surface area (Å²) in [4.78, 5) is 0. The summed E-state index contributed by atoms with van der Waals surface area (Å²) in [5, 5.41) is 0. The maximum atomic E-state index is 8.63. The van der Waals surface area contributed by atoms with Crippen molar-refractivity contribution in [2.24, 2.45) is 0 Å². The van der Waals surface area contributed by atoms with Crippen molar-refractivity contribution in [3.05, 3.63) is 66.8 Å². The Morgan fingerprint density at radius 1 is 1.10 bits per heavy atom. The topological polar surface area (TPSA) is 77.4 Å². The van der Waals surface area contributed by atoms with Gasteiger partial charge in [0.1, 0.15) is 0 Å². The molecular weight excluding hydrogens is 403 g/mol. The predicted molar refractivity (Wildman–Crippen MR) is 76.7 cm³/mol. The highest BCUT2D eigenvalue weighted by Gasteiger charge is 2.14. The van der Waals surface area contributed by atoms with E-state index in [2.05, 4.69) is 62.4 Å². The SMILES string of the molecule is CCc1ccc([I+]c2cccc(C)c2)cc1.O=S(=O)([O-])O. The van der Waals surface area contributed by atoms with Crippen LogP contribution < -0.4 is 21.2 Å². The minimum Gasteiger partial charge on any atom is -0.726 e. The van der Waals surface area contributed by atoms with Crippen LogP contribution >= 0.6 is 0 Å². The zero-order valence-electron chi connectivity index (χ0n) is 11.8. The van der Waals surface area contributed by atoms with Gasteiger partial charge < -0.3 is 4.55 Å². The summed E-state index contributed by atoms with van der Waals surface area (Å²) in [6, 6.07) is 18.0. The van der Waals surface area contributed by atoms with Gasteiger partial charge in [-0.15, -0.1) is 0 Å². The van der Waals surface area contributed by atoms with E-state index in [0.29, 0.717) is 0 Å². The largest absolute Gasteiger partial charge is 0.726 e. The maximum absolute atomic E-state index is 8.63. The highest BCUT2D eigenvalue weighted by Crippen LogP contribution is 1.98. The average molecular weight is 420 g/mol. The van der Waals surface area contributed by atoms with E-state index in [9.17, 15) is 0 Å². The fraction of sp³-hybridized carbons (Fsp3) is 0.200. The van der Waals surface area contributed by atoms with Crippen molar-refractivity contribution in [1.29, 1.82) is 0 Å². The summed E-state index contributed by atoms with van der Waals surface area (Å²) in [6.45, 7) is 4.36. The van der Waals surface area contributed by atoms with E-state index in [0.717, 1.165) is 6.42 Å². The standard InChI is InChI=1S/C15H16I.H2O4S/c1-3-13-7-9-14(10-8-13)16-15-6-4-5-12(2)11-15;1-5(2,3)4/h4-11H,3H2,1-2H3;(H2,1,2,3,4)/q+1;/p-1. The van der Waals surface area contributed by atoms with Crippen LogP contribution in [0, 0.1) is 14.1 Å². The maximum Gasteiger partial charge on any atom is 0.357 e. The van der Waals surface area contributed by atoms with Gasteiger partial charge in [-0.3, -0.25) is 4.55 Å². The molecule has 0 saturated carbocycles. The normalized spacial score (nSPS) is 10.7. The summed E-state index contributed by atoms with van der Waals surface area (Å²) in [7, 11) is -4.92. The molecule has 6 heteroatoms. The monoisotopic (exact) mass is 420 g/mol. The van der Waals surface area contributed by atoms with Crippen LogP contribution in [0.15, 0.2) is 48.5 Å². The molecule has 2 rings (SSSR count). The van der Waals surface area contributed by atoms with E-state index in [-0.39, 0.29) is 21.2 Å². The molecular formula is C15H17IO4S. The van der Waals surface area contributed by atoms with Gasteiger partial charge in [0.25, 0.3) is 0 Å². The van der Waals surface area contributed by atoms with E-state index in [1.807, 2.05) is 0 Å². The summed E-state index contributed by atoms with van der Waals surface area (Å²) >= 11 is -0.00615. The summed E-state index contributed by atoms with van der Waals surface area (Å²) in [5.41, 5.74) is 2.79. The average Bonchev–Trinajstić information content (AvgIpc) is 2.38. The quantitative estimate of drug-likeness (QED) is 0.420. The Morgan fingerprint density at radius 3 is 2.14 bits per heavy atom. The van der Waals surface area contributed by atoms with Crippen molar-refractivity contribution in [3.8, 4) is 0 Å². The Morgan fingerprint density at radius 2 is 1.67 bits per heavy atom. The van der Waals surface area contributed by atoms with Crippen LogP contribution in [0.4, 0.5) is 0 Å². The highest BCUT2D eigenvalue weighted by atomic mass is 127. The first-order valence-electron chi connectivity index (χ1n) is 6.26. The number of halogens is 1. The molecule has 0 heterocycles. The zero-order chi connectivity index (χ0) is 15.9. The smallest absolute Gasteiger partial charge is 0.357 e. The van der Waals surface area contributed by atoms with E-state index < -0.39 is 10.4 Å². The fourth-order valence-electron chi connectivity index (χ4n) is 1.57. The molecule has 2 aromatic carbocycles. The molecule has 21 heavy (non-hydrogen) atoms. The van der Waals surface area contributed by atoms with E-state index in [4.69, 9.17) is 17.5 Å². The molecule has 0 atom stereocenters. The van der Waals surface area contributed by atoms with Gasteiger partial charge in [0.2, 0.25) is 10.4 Å². The number of rotatable bonds is 3. The summed E-state index contributed by atoms with van der Waals surface area (Å²) < 4.78 is 35.8. The molecule has 114 valence electrons. The second-order valence-corrected chi connectivity index (χ2v) is 8.19. The van der Waals surface area contributed by atoms with Crippen LogP contribution in [-0.4, -0.2) is 17.5 Å². The Bertz CT molecular complexity index is 658. The van der Waals surface area contributed by atoms with Crippen LogP contribution in [0.25, 0.3) is 0 Å². The Labute approximate surface area is 136 Å². The van der Waals surface area contributed by atoms with Crippen LogP contribution in [0.5, 0.6) is 0 Å². The first kappa shape index (κ1) is 18.1. The second kappa shape index (κ2) is 8.47. The van der Waals surface area contributed by atoms with Crippen molar-refractivity contribution in [2.75, 3.05) is 0 Å². The number of benzene rings is 2. The first-order valence-corrected chi connectivity index (χ1v) is 9.79. The number of hydrogen-bond acceptors (Lipinski definition) is 3. The molecule has 0 aliphatic rings. The lowest BCUT2D eigenvalue weighted by molar-refractivity contribution is -0.597. The number of hydrogen-bond donors (Lipinski definition) is 1. The predicted octanol–water partition coefficient (Wildman–Crippen LogP) is -0.310. The van der Waals surface area contributed by atoms with Gasteiger partial charge in [-0.1, -0.05) is 31.2 Å². The van der Waals surface area contributed by atoms with Crippen molar-refractivity contribution >= 4 is 10.4 Å². The van der Waals surface area contributed by atoms with Gasteiger partial charge in [-0.25, -0.2) is 8.42 Å². The number of aryl methyl sites for hydroxylation is 2. The molecule has 0 aliphatic heterocycles. The van der Waals surface area contributed by atoms with Crippen molar-refractivity contribution in [3.63, 3.8) is 0 Å². The molecule has 0 unspecified atom stereocenters.